The highest BCUT2D eigenvalue weighted by atomic mass is 15.3. The van der Waals surface area contributed by atoms with Crippen LogP contribution in [0.1, 0.15) is 46.5 Å². The molecule has 2 aliphatic rings. The SMILES string of the molecule is CCCN1CCC2(CC1)C(N)CCN2C(C)C. The second-order valence-corrected chi connectivity index (χ2v) is 6.13. The lowest BCUT2D eigenvalue weighted by Crippen LogP contribution is -2.60. The van der Waals surface area contributed by atoms with Crippen molar-refractivity contribution in [2.24, 2.45) is 5.73 Å². The van der Waals surface area contributed by atoms with Crippen LogP contribution in [-0.4, -0.2) is 53.6 Å². The Hall–Kier alpha value is -0.120. The molecule has 0 aliphatic carbocycles. The highest BCUT2D eigenvalue weighted by Gasteiger charge is 2.48. The van der Waals surface area contributed by atoms with Crippen LogP contribution < -0.4 is 5.73 Å². The Balaban J connectivity index is 2.03. The summed E-state index contributed by atoms with van der Waals surface area (Å²) in [6, 6.07) is 1.04. The summed E-state index contributed by atoms with van der Waals surface area (Å²) in [5.41, 5.74) is 6.75. The maximum absolute atomic E-state index is 6.43. The standard InChI is InChI=1S/C14H29N3/c1-4-8-16-10-6-14(7-11-16)13(15)5-9-17(14)12(2)3/h12-13H,4-11,15H2,1-3H3. The summed E-state index contributed by atoms with van der Waals surface area (Å²) in [6.45, 7) is 11.8. The van der Waals surface area contributed by atoms with E-state index in [-0.39, 0.29) is 0 Å². The van der Waals surface area contributed by atoms with Gasteiger partial charge in [0.15, 0.2) is 0 Å². The Kier molecular flexibility index (Phi) is 4.11. The number of piperidine rings is 1. The molecule has 1 unspecified atom stereocenters. The summed E-state index contributed by atoms with van der Waals surface area (Å²) >= 11 is 0. The lowest BCUT2D eigenvalue weighted by atomic mass is 9.81. The van der Waals surface area contributed by atoms with Gasteiger partial charge in [0, 0.05) is 24.2 Å². The first-order chi connectivity index (χ1) is 8.10. The van der Waals surface area contributed by atoms with E-state index in [0.29, 0.717) is 17.6 Å². The van der Waals surface area contributed by atoms with Crippen molar-refractivity contribution in [3.63, 3.8) is 0 Å². The lowest BCUT2D eigenvalue weighted by Gasteiger charge is -2.48. The normalized spacial score (nSPS) is 30.5. The van der Waals surface area contributed by atoms with Crippen LogP contribution in [0.25, 0.3) is 0 Å². The molecule has 0 aromatic heterocycles. The monoisotopic (exact) mass is 239 g/mol. The molecule has 2 saturated heterocycles. The van der Waals surface area contributed by atoms with Crippen molar-refractivity contribution in [3.05, 3.63) is 0 Å². The van der Waals surface area contributed by atoms with Crippen molar-refractivity contribution < 1.29 is 0 Å². The molecule has 0 bridgehead atoms. The minimum atomic E-state index is 0.318. The summed E-state index contributed by atoms with van der Waals surface area (Å²) in [5, 5.41) is 0. The van der Waals surface area contributed by atoms with Gasteiger partial charge in [-0.2, -0.15) is 0 Å². The molecule has 2 fully saturated rings. The number of likely N-dealkylation sites (tertiary alicyclic amines) is 2. The summed E-state index contributed by atoms with van der Waals surface area (Å²) in [5.74, 6) is 0. The molecule has 0 amide bonds. The first kappa shape index (κ1) is 13.3. The third-order valence-corrected chi connectivity index (χ3v) is 4.83. The molecule has 2 aliphatic heterocycles. The first-order valence-electron chi connectivity index (χ1n) is 7.35. The van der Waals surface area contributed by atoms with Crippen molar-refractivity contribution in [2.75, 3.05) is 26.2 Å². The zero-order valence-corrected chi connectivity index (χ0v) is 11.8. The van der Waals surface area contributed by atoms with Gasteiger partial charge in [-0.1, -0.05) is 6.92 Å². The van der Waals surface area contributed by atoms with Crippen LogP contribution in [0.3, 0.4) is 0 Å². The maximum Gasteiger partial charge on any atom is 0.0387 e. The smallest absolute Gasteiger partial charge is 0.0387 e. The number of rotatable bonds is 3. The molecule has 2 N–H and O–H groups in total. The molecule has 2 rings (SSSR count). The van der Waals surface area contributed by atoms with Crippen molar-refractivity contribution in [1.29, 1.82) is 0 Å². The average molecular weight is 239 g/mol. The quantitative estimate of drug-likeness (QED) is 0.813. The highest BCUT2D eigenvalue weighted by Crippen LogP contribution is 2.38. The fourth-order valence-electron chi connectivity index (χ4n) is 3.89. The second kappa shape index (κ2) is 5.25. The molecule has 3 heteroatoms. The van der Waals surface area contributed by atoms with Crippen LogP contribution in [0.15, 0.2) is 0 Å². The Labute approximate surface area is 106 Å². The van der Waals surface area contributed by atoms with Crippen LogP contribution in [0.5, 0.6) is 0 Å². The molecule has 17 heavy (non-hydrogen) atoms. The Morgan fingerprint density at radius 1 is 1.24 bits per heavy atom. The van der Waals surface area contributed by atoms with Gasteiger partial charge in [-0.25, -0.2) is 0 Å². The minimum absolute atomic E-state index is 0.318. The Morgan fingerprint density at radius 2 is 1.88 bits per heavy atom. The first-order valence-corrected chi connectivity index (χ1v) is 7.35. The Morgan fingerprint density at radius 3 is 2.41 bits per heavy atom. The molecule has 2 heterocycles. The van der Waals surface area contributed by atoms with E-state index in [9.17, 15) is 0 Å². The average Bonchev–Trinajstić information content (AvgIpc) is 2.61. The van der Waals surface area contributed by atoms with Gasteiger partial charge in [-0.05, 0) is 59.2 Å². The third-order valence-electron chi connectivity index (χ3n) is 4.83. The maximum atomic E-state index is 6.43. The molecule has 100 valence electrons. The fourth-order valence-corrected chi connectivity index (χ4v) is 3.89. The van der Waals surface area contributed by atoms with Crippen molar-refractivity contribution >= 4 is 0 Å². The lowest BCUT2D eigenvalue weighted by molar-refractivity contribution is 0.0246. The van der Waals surface area contributed by atoms with Crippen molar-refractivity contribution in [2.45, 2.75) is 64.1 Å². The molecule has 3 nitrogen and oxygen atoms in total. The molecule has 0 radical (unpaired) electrons. The van der Waals surface area contributed by atoms with Crippen molar-refractivity contribution in [1.82, 2.24) is 9.80 Å². The van der Waals surface area contributed by atoms with E-state index in [0.717, 1.165) is 0 Å². The molecule has 0 aromatic rings. The number of hydrogen-bond acceptors (Lipinski definition) is 3. The van der Waals surface area contributed by atoms with Crippen LogP contribution in [0.2, 0.25) is 0 Å². The molecular formula is C14H29N3. The number of nitrogens with zero attached hydrogens (tertiary/aromatic N) is 2. The summed E-state index contributed by atoms with van der Waals surface area (Å²) < 4.78 is 0. The molecule has 1 spiro atoms. The summed E-state index contributed by atoms with van der Waals surface area (Å²) in [4.78, 5) is 5.29. The van der Waals surface area contributed by atoms with E-state index in [1.165, 1.54) is 51.9 Å². The van der Waals surface area contributed by atoms with E-state index in [4.69, 9.17) is 5.73 Å². The fraction of sp³-hybridized carbons (Fsp3) is 1.00. The predicted octanol–water partition coefficient (Wildman–Crippen LogP) is 1.67. The van der Waals surface area contributed by atoms with Crippen LogP contribution >= 0.6 is 0 Å². The van der Waals surface area contributed by atoms with Crippen LogP contribution in [0.4, 0.5) is 0 Å². The summed E-state index contributed by atoms with van der Waals surface area (Å²) in [6.07, 6.45) is 5.00. The topological polar surface area (TPSA) is 32.5 Å². The minimum Gasteiger partial charge on any atom is -0.326 e. The van der Waals surface area contributed by atoms with Gasteiger partial charge in [0.25, 0.3) is 0 Å². The van der Waals surface area contributed by atoms with E-state index < -0.39 is 0 Å². The summed E-state index contributed by atoms with van der Waals surface area (Å²) in [7, 11) is 0. The van der Waals surface area contributed by atoms with Gasteiger partial charge >= 0.3 is 0 Å². The highest BCUT2D eigenvalue weighted by molar-refractivity contribution is 5.07. The van der Waals surface area contributed by atoms with E-state index in [1.807, 2.05) is 0 Å². The van der Waals surface area contributed by atoms with E-state index in [2.05, 4.69) is 30.6 Å². The molecular weight excluding hydrogens is 210 g/mol. The van der Waals surface area contributed by atoms with Crippen LogP contribution in [0, 0.1) is 0 Å². The zero-order valence-electron chi connectivity index (χ0n) is 11.8. The van der Waals surface area contributed by atoms with Crippen molar-refractivity contribution in [3.8, 4) is 0 Å². The van der Waals surface area contributed by atoms with Gasteiger partial charge < -0.3 is 10.6 Å². The van der Waals surface area contributed by atoms with E-state index in [1.54, 1.807) is 0 Å². The van der Waals surface area contributed by atoms with E-state index >= 15 is 0 Å². The largest absolute Gasteiger partial charge is 0.326 e. The van der Waals surface area contributed by atoms with Gasteiger partial charge in [0.2, 0.25) is 0 Å². The van der Waals surface area contributed by atoms with Gasteiger partial charge in [0.05, 0.1) is 0 Å². The molecule has 1 atom stereocenters. The third kappa shape index (κ3) is 2.38. The predicted molar refractivity (Wildman–Crippen MR) is 73.1 cm³/mol. The number of nitrogens with two attached hydrogens (primary N) is 1. The van der Waals surface area contributed by atoms with Crippen LogP contribution in [-0.2, 0) is 0 Å². The van der Waals surface area contributed by atoms with Gasteiger partial charge in [0.1, 0.15) is 0 Å². The zero-order chi connectivity index (χ0) is 12.5. The number of hydrogen-bond donors (Lipinski definition) is 1. The molecule has 0 aromatic carbocycles. The van der Waals surface area contributed by atoms with Gasteiger partial charge in [-0.15, -0.1) is 0 Å². The molecule has 0 saturated carbocycles. The van der Waals surface area contributed by atoms with Gasteiger partial charge in [-0.3, -0.25) is 4.90 Å². The Bertz CT molecular complexity index is 244. The second-order valence-electron chi connectivity index (χ2n) is 6.13.